The molecular weight excluding hydrogens is 937 g/mol. The summed E-state index contributed by atoms with van der Waals surface area (Å²) in [6.45, 7) is 6.32. The number of carbonyl (C=O) groups is 3. The maximum absolute atomic E-state index is 12.9. The van der Waals surface area contributed by atoms with Gasteiger partial charge in [-0.1, -0.05) is 250 Å². The van der Waals surface area contributed by atoms with Crippen LogP contribution in [-0.2, 0) is 28.6 Å². The molecule has 1 atom stereocenters. The molecule has 0 aliphatic heterocycles. The number of hydrogen-bond donors (Lipinski definition) is 0. The van der Waals surface area contributed by atoms with Crippen LogP contribution in [0.25, 0.3) is 0 Å². The summed E-state index contributed by atoms with van der Waals surface area (Å²) in [5.74, 6) is -0.939. The van der Waals surface area contributed by atoms with E-state index in [2.05, 4.69) is 167 Å². The number of allylic oxidation sites excluding steroid dienone is 24. The molecule has 0 bridgehead atoms. The van der Waals surface area contributed by atoms with E-state index < -0.39 is 6.10 Å². The number of carbonyl (C=O) groups excluding carboxylic acids is 3. The Hall–Kier alpha value is -4.71. The quantitative estimate of drug-likeness (QED) is 0.0261. The fourth-order valence-electron chi connectivity index (χ4n) is 8.00. The van der Waals surface area contributed by atoms with Crippen LogP contribution in [0, 0.1) is 0 Å². The molecule has 0 spiro atoms. The Morgan fingerprint density at radius 1 is 0.276 bits per heavy atom. The van der Waals surface area contributed by atoms with E-state index in [1.165, 1.54) is 44.9 Å². The third-order valence-corrected chi connectivity index (χ3v) is 12.5. The minimum atomic E-state index is -0.801. The molecule has 1 unspecified atom stereocenters. The van der Waals surface area contributed by atoms with Crippen molar-refractivity contribution < 1.29 is 28.6 Å². The molecule has 0 aliphatic rings. The molecule has 0 fully saturated rings. The standard InChI is InChI=1S/C70H112O6/c1-4-7-10-13-16-19-22-24-26-28-30-32-33-34-35-36-37-39-40-42-44-46-48-51-54-57-60-63-69(72)75-66-67(65-74-68(71)62-59-56-53-50-21-18-15-12-9-6-3)76-70(73)64-61-58-55-52-49-47-45-43-41-38-31-29-27-25-23-20-17-14-11-8-5-2/h7-8,10-12,15-17,19-20,24-27,30-32,34-35,37-39,42,44,67H,4-6,9,13-14,18,21-23,28-29,33,36,40-41,43,45-66H2,1-3H3/b10-7-,11-8-,15-12-,19-16-,20-17-,26-24-,27-25-,32-30-,35-34-,38-31-,39-37-,44-42-. The molecule has 0 heterocycles. The van der Waals surface area contributed by atoms with Crippen molar-refractivity contribution in [2.75, 3.05) is 13.2 Å². The zero-order chi connectivity index (χ0) is 55.0. The number of unbranched alkanes of at least 4 members (excludes halogenated alkanes) is 19. The minimum absolute atomic E-state index is 0.0972. The highest BCUT2D eigenvalue weighted by Gasteiger charge is 2.19. The molecule has 0 aromatic carbocycles. The van der Waals surface area contributed by atoms with E-state index in [0.29, 0.717) is 19.3 Å². The summed E-state index contributed by atoms with van der Waals surface area (Å²) in [4.78, 5) is 38.2. The van der Waals surface area contributed by atoms with E-state index in [9.17, 15) is 14.4 Å². The molecular formula is C70H112O6. The molecule has 0 saturated carbocycles. The summed E-state index contributed by atoms with van der Waals surface area (Å²) >= 11 is 0. The maximum Gasteiger partial charge on any atom is 0.306 e. The van der Waals surface area contributed by atoms with Crippen LogP contribution in [0.3, 0.4) is 0 Å². The van der Waals surface area contributed by atoms with E-state index in [1.54, 1.807) is 0 Å². The van der Waals surface area contributed by atoms with Gasteiger partial charge in [0.1, 0.15) is 13.2 Å². The SMILES string of the molecule is CC/C=C\C/C=C\C/C=C\C/C=C\C/C=C\C/C=C\C/C=C\CCCCCCCC(=O)OCC(COC(=O)CCCCCCC/C=C\CCC)OC(=O)CCCCCCCCCC/C=C\C/C=C\C/C=C\C/C=C\CC. The van der Waals surface area contributed by atoms with Crippen LogP contribution < -0.4 is 0 Å². The Morgan fingerprint density at radius 3 is 0.816 bits per heavy atom. The average Bonchev–Trinajstić information content (AvgIpc) is 3.42. The van der Waals surface area contributed by atoms with E-state index >= 15 is 0 Å². The number of ether oxygens (including phenoxy) is 3. The molecule has 0 aromatic rings. The number of esters is 3. The van der Waals surface area contributed by atoms with Crippen LogP contribution in [0.4, 0.5) is 0 Å². The Labute approximate surface area is 467 Å². The first-order valence-electron chi connectivity index (χ1n) is 30.8. The van der Waals surface area contributed by atoms with Crippen molar-refractivity contribution in [1.29, 1.82) is 0 Å². The zero-order valence-electron chi connectivity index (χ0n) is 49.0. The highest BCUT2D eigenvalue weighted by Crippen LogP contribution is 2.14. The first kappa shape index (κ1) is 71.3. The fourth-order valence-corrected chi connectivity index (χ4v) is 8.00. The van der Waals surface area contributed by atoms with Gasteiger partial charge >= 0.3 is 17.9 Å². The second kappa shape index (κ2) is 62.8. The van der Waals surface area contributed by atoms with Gasteiger partial charge < -0.3 is 14.2 Å². The zero-order valence-corrected chi connectivity index (χ0v) is 49.0. The van der Waals surface area contributed by atoms with Crippen LogP contribution in [0.2, 0.25) is 0 Å². The summed E-state index contributed by atoms with van der Waals surface area (Å²) in [5.41, 5.74) is 0. The smallest absolute Gasteiger partial charge is 0.306 e. The van der Waals surface area contributed by atoms with Gasteiger partial charge in [0.15, 0.2) is 6.10 Å². The molecule has 6 nitrogen and oxygen atoms in total. The average molecular weight is 1050 g/mol. The van der Waals surface area contributed by atoms with Crippen LogP contribution in [0.5, 0.6) is 0 Å². The van der Waals surface area contributed by atoms with Crippen LogP contribution >= 0.6 is 0 Å². The summed E-state index contributed by atoms with van der Waals surface area (Å²) < 4.78 is 16.8. The first-order valence-corrected chi connectivity index (χ1v) is 30.8. The van der Waals surface area contributed by atoms with E-state index in [1.807, 2.05) is 0 Å². The number of rotatable bonds is 54. The molecule has 0 aromatic heterocycles. The van der Waals surface area contributed by atoms with Crippen molar-refractivity contribution >= 4 is 17.9 Å². The van der Waals surface area contributed by atoms with E-state index in [-0.39, 0.29) is 31.1 Å². The highest BCUT2D eigenvalue weighted by atomic mass is 16.6. The summed E-state index contributed by atoms with van der Waals surface area (Å²) in [5, 5.41) is 0. The predicted molar refractivity (Wildman–Crippen MR) is 329 cm³/mol. The molecule has 0 saturated heterocycles. The van der Waals surface area contributed by atoms with Crippen molar-refractivity contribution in [1.82, 2.24) is 0 Å². The van der Waals surface area contributed by atoms with E-state index in [4.69, 9.17) is 14.2 Å². The van der Waals surface area contributed by atoms with Crippen molar-refractivity contribution in [2.45, 2.75) is 264 Å². The third-order valence-electron chi connectivity index (χ3n) is 12.5. The lowest BCUT2D eigenvalue weighted by atomic mass is 10.1. The van der Waals surface area contributed by atoms with Crippen molar-refractivity contribution in [3.8, 4) is 0 Å². The van der Waals surface area contributed by atoms with Gasteiger partial charge in [-0.3, -0.25) is 14.4 Å². The highest BCUT2D eigenvalue weighted by molar-refractivity contribution is 5.71. The lowest BCUT2D eigenvalue weighted by Gasteiger charge is -2.18. The molecule has 6 heteroatoms. The van der Waals surface area contributed by atoms with Gasteiger partial charge in [0, 0.05) is 19.3 Å². The topological polar surface area (TPSA) is 78.9 Å². The van der Waals surface area contributed by atoms with Crippen LogP contribution in [0.1, 0.15) is 258 Å². The van der Waals surface area contributed by atoms with Crippen molar-refractivity contribution in [3.63, 3.8) is 0 Å². The monoisotopic (exact) mass is 1050 g/mol. The second-order valence-corrected chi connectivity index (χ2v) is 19.8. The molecule has 0 rings (SSSR count). The van der Waals surface area contributed by atoms with Crippen molar-refractivity contribution in [2.24, 2.45) is 0 Å². The summed E-state index contributed by atoms with van der Waals surface area (Å²) in [6, 6.07) is 0. The van der Waals surface area contributed by atoms with Crippen LogP contribution in [0.15, 0.2) is 146 Å². The maximum atomic E-state index is 12.9. The Bertz CT molecular complexity index is 1680. The van der Waals surface area contributed by atoms with Gasteiger partial charge in [-0.2, -0.15) is 0 Å². The normalized spacial score (nSPS) is 13.1. The van der Waals surface area contributed by atoms with E-state index in [0.717, 1.165) is 173 Å². The van der Waals surface area contributed by atoms with Crippen LogP contribution in [-0.4, -0.2) is 37.2 Å². The lowest BCUT2D eigenvalue weighted by Crippen LogP contribution is -2.30. The van der Waals surface area contributed by atoms with Gasteiger partial charge in [0.25, 0.3) is 0 Å². The molecule has 0 amide bonds. The fraction of sp³-hybridized carbons (Fsp3) is 0.614. The third kappa shape index (κ3) is 60.2. The lowest BCUT2D eigenvalue weighted by molar-refractivity contribution is -0.167. The summed E-state index contributed by atoms with van der Waals surface area (Å²) in [7, 11) is 0. The molecule has 428 valence electrons. The van der Waals surface area contributed by atoms with Gasteiger partial charge in [-0.05, 0) is 135 Å². The first-order chi connectivity index (χ1) is 37.5. The Balaban J connectivity index is 4.36. The van der Waals surface area contributed by atoms with Gasteiger partial charge in [-0.25, -0.2) is 0 Å². The Kier molecular flexibility index (Phi) is 58.9. The number of hydrogen-bond acceptors (Lipinski definition) is 6. The van der Waals surface area contributed by atoms with Gasteiger partial charge in [-0.15, -0.1) is 0 Å². The molecule has 0 N–H and O–H groups in total. The Morgan fingerprint density at radius 2 is 0.513 bits per heavy atom. The van der Waals surface area contributed by atoms with Crippen molar-refractivity contribution in [3.05, 3.63) is 146 Å². The predicted octanol–water partition coefficient (Wildman–Crippen LogP) is 21.2. The minimum Gasteiger partial charge on any atom is -0.462 e. The molecule has 76 heavy (non-hydrogen) atoms. The largest absolute Gasteiger partial charge is 0.462 e. The second-order valence-electron chi connectivity index (χ2n) is 19.8. The summed E-state index contributed by atoms with van der Waals surface area (Å²) in [6.07, 6.45) is 89.9. The molecule has 0 aliphatic carbocycles. The van der Waals surface area contributed by atoms with Gasteiger partial charge in [0.2, 0.25) is 0 Å². The molecule has 0 radical (unpaired) electrons. The van der Waals surface area contributed by atoms with Gasteiger partial charge in [0.05, 0.1) is 0 Å².